The Labute approximate surface area is 142 Å². The molecule has 1 atom stereocenters. The first-order chi connectivity index (χ1) is 11.6. The fourth-order valence-electron chi connectivity index (χ4n) is 3.15. The quantitative estimate of drug-likeness (QED) is 0.854. The lowest BCUT2D eigenvalue weighted by Gasteiger charge is -2.33. The molecule has 0 radical (unpaired) electrons. The van der Waals surface area contributed by atoms with Crippen molar-refractivity contribution in [1.82, 2.24) is 10.1 Å². The fourth-order valence-corrected chi connectivity index (χ4v) is 3.15. The smallest absolute Gasteiger partial charge is 0.254 e. The van der Waals surface area contributed by atoms with Crippen molar-refractivity contribution in [3.8, 4) is 5.75 Å². The first kappa shape index (κ1) is 16.6. The molecule has 0 aliphatic carbocycles. The SMILES string of the molecule is Cc1noc(C)c1COc1cccc(C(=O)N2CCCCC2C)c1. The lowest BCUT2D eigenvalue weighted by atomic mass is 10.0. The number of hydrogen-bond donors (Lipinski definition) is 0. The molecule has 1 aliphatic heterocycles. The molecule has 5 nitrogen and oxygen atoms in total. The predicted octanol–water partition coefficient (Wildman–Crippen LogP) is 3.89. The molecule has 128 valence electrons. The zero-order chi connectivity index (χ0) is 17.1. The van der Waals surface area contributed by atoms with Crippen LogP contribution in [0.25, 0.3) is 0 Å². The highest BCUT2D eigenvalue weighted by atomic mass is 16.5. The summed E-state index contributed by atoms with van der Waals surface area (Å²) >= 11 is 0. The number of rotatable bonds is 4. The van der Waals surface area contributed by atoms with E-state index in [1.54, 1.807) is 0 Å². The number of hydrogen-bond acceptors (Lipinski definition) is 4. The average Bonchev–Trinajstić information content (AvgIpc) is 2.91. The highest BCUT2D eigenvalue weighted by Gasteiger charge is 2.24. The Bertz CT molecular complexity index is 704. The lowest BCUT2D eigenvalue weighted by molar-refractivity contribution is 0.0635. The van der Waals surface area contributed by atoms with Crippen molar-refractivity contribution in [2.45, 2.75) is 52.7 Å². The Morgan fingerprint density at radius 2 is 2.21 bits per heavy atom. The van der Waals surface area contributed by atoms with Gasteiger partial charge < -0.3 is 14.2 Å². The molecule has 1 aliphatic rings. The standard InChI is InChI=1S/C19H24N2O3/c1-13-7-4-5-10-21(13)19(22)16-8-6-9-17(11-16)23-12-18-14(2)20-24-15(18)3/h6,8-9,11,13H,4-5,7,10,12H2,1-3H3. The maximum absolute atomic E-state index is 12.7. The molecule has 5 heteroatoms. The number of ether oxygens (including phenoxy) is 1. The van der Waals surface area contributed by atoms with E-state index in [2.05, 4.69) is 12.1 Å². The van der Waals surface area contributed by atoms with Gasteiger partial charge in [-0.3, -0.25) is 4.79 Å². The van der Waals surface area contributed by atoms with Crippen molar-refractivity contribution >= 4 is 5.91 Å². The van der Waals surface area contributed by atoms with Crippen molar-refractivity contribution in [3.05, 3.63) is 46.8 Å². The number of carbonyl (C=O) groups excluding carboxylic acids is 1. The summed E-state index contributed by atoms with van der Waals surface area (Å²) in [6.45, 7) is 7.11. The summed E-state index contributed by atoms with van der Waals surface area (Å²) in [5, 5.41) is 3.93. The van der Waals surface area contributed by atoms with Crippen LogP contribution in [-0.4, -0.2) is 28.6 Å². The van der Waals surface area contributed by atoms with E-state index < -0.39 is 0 Å². The summed E-state index contributed by atoms with van der Waals surface area (Å²) in [6.07, 6.45) is 3.36. The van der Waals surface area contributed by atoms with E-state index in [1.165, 1.54) is 6.42 Å². The Hall–Kier alpha value is -2.30. The van der Waals surface area contributed by atoms with Gasteiger partial charge in [-0.05, 0) is 58.2 Å². The summed E-state index contributed by atoms with van der Waals surface area (Å²) in [5.74, 6) is 1.54. The third-order valence-corrected chi connectivity index (χ3v) is 4.71. The van der Waals surface area contributed by atoms with Gasteiger partial charge in [-0.25, -0.2) is 0 Å². The van der Waals surface area contributed by atoms with Crippen molar-refractivity contribution in [2.75, 3.05) is 6.54 Å². The number of benzene rings is 1. The van der Waals surface area contributed by atoms with Gasteiger partial charge in [-0.1, -0.05) is 11.2 Å². The van der Waals surface area contributed by atoms with Gasteiger partial charge in [0.2, 0.25) is 0 Å². The number of carbonyl (C=O) groups is 1. The van der Waals surface area contributed by atoms with Crippen molar-refractivity contribution in [1.29, 1.82) is 0 Å². The van der Waals surface area contributed by atoms with Gasteiger partial charge in [0.1, 0.15) is 18.1 Å². The number of amides is 1. The van der Waals surface area contributed by atoms with E-state index in [4.69, 9.17) is 9.26 Å². The van der Waals surface area contributed by atoms with Crippen LogP contribution in [0.15, 0.2) is 28.8 Å². The highest BCUT2D eigenvalue weighted by Crippen LogP contribution is 2.22. The topological polar surface area (TPSA) is 55.6 Å². The third kappa shape index (κ3) is 3.45. The molecular formula is C19H24N2O3. The summed E-state index contributed by atoms with van der Waals surface area (Å²) < 4.78 is 11.0. The van der Waals surface area contributed by atoms with E-state index in [9.17, 15) is 4.79 Å². The number of piperidine rings is 1. The Balaban J connectivity index is 1.71. The zero-order valence-corrected chi connectivity index (χ0v) is 14.5. The molecule has 1 saturated heterocycles. The molecule has 0 saturated carbocycles. The number of nitrogens with zero attached hydrogens (tertiary/aromatic N) is 2. The molecule has 1 fully saturated rings. The van der Waals surface area contributed by atoms with Crippen LogP contribution >= 0.6 is 0 Å². The molecule has 24 heavy (non-hydrogen) atoms. The normalized spacial score (nSPS) is 17.8. The van der Waals surface area contributed by atoms with Gasteiger partial charge in [-0.15, -0.1) is 0 Å². The Morgan fingerprint density at radius 3 is 2.92 bits per heavy atom. The second kappa shape index (κ2) is 7.07. The first-order valence-corrected chi connectivity index (χ1v) is 8.52. The van der Waals surface area contributed by atoms with Crippen LogP contribution in [0.4, 0.5) is 0 Å². The molecule has 2 aromatic rings. The molecule has 3 rings (SSSR count). The molecule has 0 spiro atoms. The number of likely N-dealkylation sites (tertiary alicyclic amines) is 1. The van der Waals surface area contributed by atoms with Crippen LogP contribution in [0, 0.1) is 13.8 Å². The Kier molecular flexibility index (Phi) is 4.88. The molecule has 0 N–H and O–H groups in total. The van der Waals surface area contributed by atoms with E-state index in [0.717, 1.165) is 36.4 Å². The van der Waals surface area contributed by atoms with Crippen LogP contribution in [0.2, 0.25) is 0 Å². The van der Waals surface area contributed by atoms with Crippen LogP contribution in [0.3, 0.4) is 0 Å². The van der Waals surface area contributed by atoms with Gasteiger partial charge in [0.25, 0.3) is 5.91 Å². The molecule has 1 aromatic carbocycles. The van der Waals surface area contributed by atoms with E-state index >= 15 is 0 Å². The summed E-state index contributed by atoms with van der Waals surface area (Å²) in [5.41, 5.74) is 2.47. The molecular weight excluding hydrogens is 304 g/mol. The van der Waals surface area contributed by atoms with E-state index in [0.29, 0.717) is 24.0 Å². The zero-order valence-electron chi connectivity index (χ0n) is 14.5. The van der Waals surface area contributed by atoms with Crippen LogP contribution in [0.5, 0.6) is 5.75 Å². The van der Waals surface area contributed by atoms with E-state index in [-0.39, 0.29) is 5.91 Å². The van der Waals surface area contributed by atoms with Crippen molar-refractivity contribution in [2.24, 2.45) is 0 Å². The van der Waals surface area contributed by atoms with Crippen LogP contribution in [-0.2, 0) is 6.61 Å². The predicted molar refractivity (Wildman–Crippen MR) is 91.1 cm³/mol. The third-order valence-electron chi connectivity index (χ3n) is 4.71. The minimum atomic E-state index is 0.0880. The van der Waals surface area contributed by atoms with Gasteiger partial charge >= 0.3 is 0 Å². The number of aryl methyl sites for hydroxylation is 2. The molecule has 2 heterocycles. The minimum Gasteiger partial charge on any atom is -0.489 e. The minimum absolute atomic E-state index is 0.0880. The van der Waals surface area contributed by atoms with Crippen molar-refractivity contribution in [3.63, 3.8) is 0 Å². The Morgan fingerprint density at radius 1 is 1.38 bits per heavy atom. The summed E-state index contributed by atoms with van der Waals surface area (Å²) in [7, 11) is 0. The van der Waals surface area contributed by atoms with Crippen molar-refractivity contribution < 1.29 is 14.1 Å². The molecule has 0 bridgehead atoms. The second-order valence-corrected chi connectivity index (χ2v) is 6.46. The molecule has 1 unspecified atom stereocenters. The average molecular weight is 328 g/mol. The monoisotopic (exact) mass is 328 g/mol. The van der Waals surface area contributed by atoms with Crippen LogP contribution in [0.1, 0.15) is 53.6 Å². The van der Waals surface area contributed by atoms with Gasteiger partial charge in [0, 0.05) is 18.2 Å². The maximum atomic E-state index is 12.7. The van der Waals surface area contributed by atoms with Gasteiger partial charge in [0.05, 0.1) is 11.3 Å². The molecule has 1 amide bonds. The largest absolute Gasteiger partial charge is 0.489 e. The maximum Gasteiger partial charge on any atom is 0.254 e. The fraction of sp³-hybridized carbons (Fsp3) is 0.474. The summed E-state index contributed by atoms with van der Waals surface area (Å²) in [4.78, 5) is 14.7. The van der Waals surface area contributed by atoms with Crippen LogP contribution < -0.4 is 4.74 Å². The van der Waals surface area contributed by atoms with Gasteiger partial charge in [0.15, 0.2) is 0 Å². The summed E-state index contributed by atoms with van der Waals surface area (Å²) in [6, 6.07) is 7.71. The van der Waals surface area contributed by atoms with Gasteiger partial charge in [-0.2, -0.15) is 0 Å². The second-order valence-electron chi connectivity index (χ2n) is 6.46. The van der Waals surface area contributed by atoms with E-state index in [1.807, 2.05) is 43.0 Å². The lowest BCUT2D eigenvalue weighted by Crippen LogP contribution is -2.42. The highest BCUT2D eigenvalue weighted by molar-refractivity contribution is 5.94. The number of aromatic nitrogens is 1. The molecule has 1 aromatic heterocycles. The first-order valence-electron chi connectivity index (χ1n) is 8.52.